The first kappa shape index (κ1) is 15.5. The van der Waals surface area contributed by atoms with Crippen molar-refractivity contribution in [3.05, 3.63) is 10.6 Å². The lowest BCUT2D eigenvalue weighted by Gasteiger charge is -2.25. The molecule has 1 atom stereocenters. The van der Waals surface area contributed by atoms with Crippen LogP contribution in [-0.2, 0) is 32.5 Å². The van der Waals surface area contributed by atoms with Crippen molar-refractivity contribution < 1.29 is 17.9 Å². The van der Waals surface area contributed by atoms with Gasteiger partial charge in [0, 0.05) is 31.0 Å². The zero-order valence-electron chi connectivity index (χ0n) is 12.7. The van der Waals surface area contributed by atoms with Crippen LogP contribution in [0.15, 0.2) is 0 Å². The Morgan fingerprint density at radius 2 is 2.17 bits per heavy atom. The van der Waals surface area contributed by atoms with E-state index in [0.717, 1.165) is 36.3 Å². The third-order valence-corrected chi connectivity index (χ3v) is 7.80. The van der Waals surface area contributed by atoms with Crippen molar-refractivity contribution in [2.75, 3.05) is 18.5 Å². The van der Waals surface area contributed by atoms with Gasteiger partial charge in [-0.15, -0.1) is 11.3 Å². The summed E-state index contributed by atoms with van der Waals surface area (Å²) < 4.78 is 31.6. The Labute approximate surface area is 139 Å². The minimum atomic E-state index is -3.15. The van der Waals surface area contributed by atoms with Crippen molar-refractivity contribution in [2.24, 2.45) is 0 Å². The second-order valence-corrected chi connectivity index (χ2v) is 9.50. The highest BCUT2D eigenvalue weighted by atomic mass is 32.2. The lowest BCUT2D eigenvalue weighted by atomic mass is 10.2. The molecule has 0 spiro atoms. The van der Waals surface area contributed by atoms with E-state index in [0.29, 0.717) is 31.2 Å². The average Bonchev–Trinajstić information content (AvgIpc) is 3.10. The van der Waals surface area contributed by atoms with Gasteiger partial charge >= 0.3 is 0 Å². The summed E-state index contributed by atoms with van der Waals surface area (Å²) in [5.41, 5.74) is 0.903. The number of amides is 1. The number of thiazole rings is 1. The molecule has 1 saturated carbocycles. The van der Waals surface area contributed by atoms with Crippen LogP contribution >= 0.6 is 11.3 Å². The molecule has 9 heteroatoms. The van der Waals surface area contributed by atoms with E-state index in [4.69, 9.17) is 4.74 Å². The Morgan fingerprint density at radius 1 is 1.35 bits per heavy atom. The van der Waals surface area contributed by atoms with Crippen molar-refractivity contribution in [3.63, 3.8) is 0 Å². The van der Waals surface area contributed by atoms with Gasteiger partial charge in [-0.05, 0) is 25.7 Å². The van der Waals surface area contributed by atoms with Gasteiger partial charge in [0.25, 0.3) is 5.91 Å². The molecule has 1 amide bonds. The van der Waals surface area contributed by atoms with Crippen LogP contribution in [0.2, 0.25) is 0 Å². The van der Waals surface area contributed by atoms with E-state index in [9.17, 15) is 13.2 Å². The summed E-state index contributed by atoms with van der Waals surface area (Å²) in [7, 11) is -3.15. The van der Waals surface area contributed by atoms with Gasteiger partial charge in [0.05, 0.1) is 10.9 Å². The van der Waals surface area contributed by atoms with Crippen LogP contribution in [0, 0.1) is 0 Å². The van der Waals surface area contributed by atoms with E-state index < -0.39 is 10.0 Å². The third kappa shape index (κ3) is 3.02. The number of hydrogen-bond acceptors (Lipinski definition) is 6. The summed E-state index contributed by atoms with van der Waals surface area (Å²) in [6.45, 7) is 1.48. The van der Waals surface area contributed by atoms with Gasteiger partial charge in [-0.25, -0.2) is 13.4 Å². The van der Waals surface area contributed by atoms with E-state index in [1.54, 1.807) is 4.31 Å². The molecule has 1 saturated heterocycles. The summed E-state index contributed by atoms with van der Waals surface area (Å²) in [4.78, 5) is 17.5. The monoisotopic (exact) mass is 357 g/mol. The van der Waals surface area contributed by atoms with Crippen LogP contribution in [0.25, 0.3) is 0 Å². The largest absolute Gasteiger partial charge is 0.368 e. The smallest absolute Gasteiger partial charge is 0.255 e. The van der Waals surface area contributed by atoms with Crippen molar-refractivity contribution >= 4 is 32.4 Å². The Hall–Kier alpha value is -1.03. The molecule has 1 aromatic heterocycles. The fraction of sp³-hybridized carbons (Fsp3) is 0.714. The Kier molecular flexibility index (Phi) is 3.91. The van der Waals surface area contributed by atoms with E-state index in [-0.39, 0.29) is 17.3 Å². The van der Waals surface area contributed by atoms with E-state index in [1.165, 1.54) is 11.3 Å². The molecule has 1 unspecified atom stereocenters. The molecule has 1 N–H and O–H groups in total. The first-order chi connectivity index (χ1) is 11.0. The zero-order valence-corrected chi connectivity index (χ0v) is 14.3. The molecular formula is C14H19N3O4S2. The third-order valence-electron chi connectivity index (χ3n) is 4.45. The van der Waals surface area contributed by atoms with Crippen LogP contribution in [0.5, 0.6) is 0 Å². The number of aromatic nitrogens is 1. The van der Waals surface area contributed by atoms with E-state index in [2.05, 4.69) is 10.3 Å². The molecule has 0 aromatic carbocycles. The molecule has 4 rings (SSSR count). The standard InChI is InChI=1S/C14H19N3O4S2/c18-13(11-2-1-7-21-11)16-14-15-10-5-6-17(8-12(10)22-14)23(19,20)9-3-4-9/h9,11H,1-8H2,(H,15,16,18). The lowest BCUT2D eigenvalue weighted by Crippen LogP contribution is -2.37. The van der Waals surface area contributed by atoms with Gasteiger partial charge in [0.15, 0.2) is 5.13 Å². The molecule has 23 heavy (non-hydrogen) atoms. The van der Waals surface area contributed by atoms with Crippen molar-refractivity contribution in [1.82, 2.24) is 9.29 Å². The van der Waals surface area contributed by atoms with Gasteiger partial charge in [-0.1, -0.05) is 0 Å². The fourth-order valence-electron chi connectivity index (χ4n) is 2.99. The van der Waals surface area contributed by atoms with Gasteiger partial charge in [0.2, 0.25) is 10.0 Å². The van der Waals surface area contributed by atoms with Gasteiger partial charge in [-0.3, -0.25) is 10.1 Å². The second-order valence-electron chi connectivity index (χ2n) is 6.21. The van der Waals surface area contributed by atoms with Crippen LogP contribution < -0.4 is 5.32 Å². The van der Waals surface area contributed by atoms with Crippen molar-refractivity contribution in [2.45, 2.75) is 50.0 Å². The summed E-state index contributed by atoms with van der Waals surface area (Å²) in [6.07, 6.45) is 3.41. The first-order valence-corrected chi connectivity index (χ1v) is 10.3. The minimum Gasteiger partial charge on any atom is -0.368 e. The van der Waals surface area contributed by atoms with Crippen molar-refractivity contribution in [3.8, 4) is 0 Å². The lowest BCUT2D eigenvalue weighted by molar-refractivity contribution is -0.124. The molecule has 7 nitrogen and oxygen atoms in total. The summed E-state index contributed by atoms with van der Waals surface area (Å²) >= 11 is 1.37. The number of fused-ring (bicyclic) bond motifs is 1. The van der Waals surface area contributed by atoms with E-state index >= 15 is 0 Å². The Morgan fingerprint density at radius 3 is 2.87 bits per heavy atom. The molecular weight excluding hydrogens is 338 g/mol. The fourth-order valence-corrected chi connectivity index (χ4v) is 5.91. The molecule has 2 aliphatic heterocycles. The Bertz CT molecular complexity index is 720. The second kappa shape index (κ2) is 5.80. The normalized spacial score (nSPS) is 25.3. The maximum atomic E-state index is 12.3. The molecule has 0 bridgehead atoms. The quantitative estimate of drug-likeness (QED) is 0.872. The molecule has 2 fully saturated rings. The molecule has 0 radical (unpaired) electrons. The summed E-state index contributed by atoms with van der Waals surface area (Å²) in [6, 6.07) is 0. The van der Waals surface area contributed by atoms with Crippen LogP contribution in [0.1, 0.15) is 36.3 Å². The molecule has 3 heterocycles. The predicted molar refractivity (Wildman–Crippen MR) is 85.8 cm³/mol. The zero-order chi connectivity index (χ0) is 16.0. The van der Waals surface area contributed by atoms with Crippen LogP contribution in [-0.4, -0.2) is 48.1 Å². The maximum Gasteiger partial charge on any atom is 0.255 e. The number of ether oxygens (including phenoxy) is 1. The van der Waals surface area contributed by atoms with Gasteiger partial charge in [-0.2, -0.15) is 4.31 Å². The first-order valence-electron chi connectivity index (χ1n) is 7.94. The van der Waals surface area contributed by atoms with Gasteiger partial charge < -0.3 is 4.74 Å². The van der Waals surface area contributed by atoms with E-state index in [1.807, 2.05) is 0 Å². The number of rotatable bonds is 4. The Balaban J connectivity index is 1.45. The van der Waals surface area contributed by atoms with Crippen LogP contribution in [0.3, 0.4) is 0 Å². The highest BCUT2D eigenvalue weighted by Gasteiger charge is 2.41. The average molecular weight is 357 g/mol. The number of hydrogen-bond donors (Lipinski definition) is 1. The minimum absolute atomic E-state index is 0.156. The van der Waals surface area contributed by atoms with Crippen molar-refractivity contribution in [1.29, 1.82) is 0 Å². The number of carbonyl (C=O) groups is 1. The number of nitrogens with one attached hydrogen (secondary N) is 1. The highest BCUT2D eigenvalue weighted by molar-refractivity contribution is 7.90. The summed E-state index contributed by atoms with van der Waals surface area (Å²) in [5, 5.41) is 3.16. The SMILES string of the molecule is O=C(Nc1nc2c(s1)CN(S(=O)(=O)C1CC1)CC2)C1CCCO1. The maximum absolute atomic E-state index is 12.3. The number of nitrogens with zero attached hydrogens (tertiary/aromatic N) is 2. The van der Waals surface area contributed by atoms with Crippen LogP contribution in [0.4, 0.5) is 5.13 Å². The number of carbonyl (C=O) groups excluding carboxylic acids is 1. The number of sulfonamides is 1. The van der Waals surface area contributed by atoms with Gasteiger partial charge in [0.1, 0.15) is 6.10 Å². The topological polar surface area (TPSA) is 88.6 Å². The number of anilines is 1. The summed E-state index contributed by atoms with van der Waals surface area (Å²) in [5.74, 6) is -0.156. The molecule has 3 aliphatic rings. The molecule has 1 aliphatic carbocycles. The highest BCUT2D eigenvalue weighted by Crippen LogP contribution is 2.35. The molecule has 126 valence electrons. The molecule has 1 aromatic rings. The predicted octanol–water partition coefficient (Wildman–Crippen LogP) is 1.11.